The Kier molecular flexibility index (Phi) is 12.6. The molecule has 2 amide bonds. The fourth-order valence-corrected chi connectivity index (χ4v) is 6.02. The third kappa shape index (κ3) is 9.14. The van der Waals surface area contributed by atoms with Crippen LogP contribution in [-0.2, 0) is 9.53 Å². The average molecular weight is 722 g/mol. The van der Waals surface area contributed by atoms with Crippen LogP contribution in [0.25, 0.3) is 10.8 Å². The molecule has 1 aliphatic rings. The Morgan fingerprint density at radius 1 is 0.846 bits per heavy atom. The van der Waals surface area contributed by atoms with Crippen molar-refractivity contribution in [3.05, 3.63) is 113 Å². The number of aromatic hydroxyl groups is 1. The van der Waals surface area contributed by atoms with Crippen LogP contribution in [0.15, 0.2) is 91.0 Å². The van der Waals surface area contributed by atoms with E-state index in [1.807, 2.05) is 62.4 Å². The van der Waals surface area contributed by atoms with Crippen molar-refractivity contribution in [1.82, 2.24) is 5.53 Å². The van der Waals surface area contributed by atoms with Gasteiger partial charge in [-0.25, -0.2) is 4.79 Å². The van der Waals surface area contributed by atoms with Crippen molar-refractivity contribution in [3.63, 3.8) is 0 Å². The number of anilines is 4. The number of thioether (sulfide) groups is 1. The molecule has 12 heteroatoms. The minimum atomic E-state index is -0.451. The summed E-state index contributed by atoms with van der Waals surface area (Å²) in [5.74, 6) is 1.83. The summed E-state index contributed by atoms with van der Waals surface area (Å²) >= 11 is 1.80. The molecular weight excluding hydrogens is 679 g/mol. The minimum absolute atomic E-state index is 0.0885. The van der Waals surface area contributed by atoms with Crippen molar-refractivity contribution in [2.45, 2.75) is 34.1 Å². The van der Waals surface area contributed by atoms with Gasteiger partial charge in [0.15, 0.2) is 5.75 Å². The lowest BCUT2D eigenvalue weighted by molar-refractivity contribution is -0.116. The van der Waals surface area contributed by atoms with E-state index >= 15 is 0 Å². The number of hydrogen-bond acceptors (Lipinski definition) is 10. The maximum Gasteiger partial charge on any atom is 0.338 e. The smallest absolute Gasteiger partial charge is 0.338 e. The number of rotatable bonds is 11. The first kappa shape index (κ1) is 37.5. The van der Waals surface area contributed by atoms with Crippen molar-refractivity contribution < 1.29 is 29.0 Å². The summed E-state index contributed by atoms with van der Waals surface area (Å²) in [6.45, 7) is 7.92. The van der Waals surface area contributed by atoms with Gasteiger partial charge in [-0.3, -0.25) is 9.59 Å². The molecule has 1 aliphatic heterocycles. The molecule has 0 radical (unpaired) electrons. The maximum atomic E-state index is 13.2. The Balaban J connectivity index is 0.000000244. The SMILES string of the molecule is CC(=O)N(C)c1cc(C)ccc1Oc1cc(C(=O)Nc2ccccc2C)c(O)c2ccccc12.CCCSCCOC(=O)c1ccc2c(c1)NNN2. The lowest BCUT2D eigenvalue weighted by Gasteiger charge is -2.21. The van der Waals surface area contributed by atoms with Crippen molar-refractivity contribution in [1.29, 1.82) is 0 Å². The fraction of sp³-hybridized carbons (Fsp3) is 0.225. The minimum Gasteiger partial charge on any atom is -0.506 e. The molecule has 52 heavy (non-hydrogen) atoms. The van der Waals surface area contributed by atoms with Gasteiger partial charge in [0, 0.05) is 36.2 Å². The topological polar surface area (TPSA) is 141 Å². The Hall–Kier alpha value is -5.72. The number of nitrogens with zero attached hydrogens (tertiary/aromatic N) is 1. The number of hydrazine groups is 2. The number of esters is 1. The molecule has 0 saturated heterocycles. The van der Waals surface area contributed by atoms with Gasteiger partial charge in [0.2, 0.25) is 5.91 Å². The molecule has 0 unspecified atom stereocenters. The van der Waals surface area contributed by atoms with Crippen LogP contribution in [0.1, 0.15) is 52.1 Å². The zero-order valence-corrected chi connectivity index (χ0v) is 30.6. The van der Waals surface area contributed by atoms with Crippen LogP contribution in [0.4, 0.5) is 22.7 Å². The summed E-state index contributed by atoms with van der Waals surface area (Å²) in [4.78, 5) is 38.5. The average Bonchev–Trinajstić information content (AvgIpc) is 3.62. The molecule has 0 spiro atoms. The summed E-state index contributed by atoms with van der Waals surface area (Å²) in [5, 5.41) is 14.9. The van der Waals surface area contributed by atoms with E-state index in [-0.39, 0.29) is 23.2 Å². The van der Waals surface area contributed by atoms with E-state index in [1.54, 1.807) is 55.2 Å². The van der Waals surface area contributed by atoms with E-state index in [0.29, 0.717) is 45.8 Å². The molecule has 6 rings (SSSR count). The first-order chi connectivity index (χ1) is 25.1. The summed E-state index contributed by atoms with van der Waals surface area (Å²) in [7, 11) is 1.68. The molecule has 5 N–H and O–H groups in total. The van der Waals surface area contributed by atoms with Crippen LogP contribution in [0.2, 0.25) is 0 Å². The van der Waals surface area contributed by atoms with Gasteiger partial charge in [-0.15, -0.1) is 5.53 Å². The molecule has 0 aromatic heterocycles. The van der Waals surface area contributed by atoms with E-state index in [0.717, 1.165) is 40.4 Å². The summed E-state index contributed by atoms with van der Waals surface area (Å²) in [6, 6.07) is 27.0. The number of ether oxygens (including phenoxy) is 2. The highest BCUT2D eigenvalue weighted by atomic mass is 32.2. The Morgan fingerprint density at radius 2 is 1.58 bits per heavy atom. The number of carbonyl (C=O) groups is 3. The van der Waals surface area contributed by atoms with Crippen molar-refractivity contribution in [3.8, 4) is 17.2 Å². The molecule has 0 bridgehead atoms. The fourth-order valence-electron chi connectivity index (χ4n) is 5.32. The molecule has 0 aliphatic carbocycles. The summed E-state index contributed by atoms with van der Waals surface area (Å²) < 4.78 is 11.5. The van der Waals surface area contributed by atoms with Crippen LogP contribution < -0.4 is 31.3 Å². The molecular formula is C40H43N5O6S. The quantitative estimate of drug-likeness (QED) is 0.0667. The summed E-state index contributed by atoms with van der Waals surface area (Å²) in [5.41, 5.74) is 14.2. The molecule has 270 valence electrons. The van der Waals surface area contributed by atoms with E-state index in [9.17, 15) is 19.5 Å². The predicted octanol–water partition coefficient (Wildman–Crippen LogP) is 8.43. The van der Waals surface area contributed by atoms with Gasteiger partial charge < -0.3 is 35.6 Å². The molecule has 0 atom stereocenters. The second kappa shape index (κ2) is 17.5. The highest BCUT2D eigenvalue weighted by molar-refractivity contribution is 7.99. The second-order valence-corrected chi connectivity index (χ2v) is 13.3. The van der Waals surface area contributed by atoms with E-state index in [1.165, 1.54) is 17.9 Å². The van der Waals surface area contributed by atoms with Gasteiger partial charge in [-0.05, 0) is 79.6 Å². The number of phenols is 1. The van der Waals surface area contributed by atoms with E-state index in [4.69, 9.17) is 9.47 Å². The van der Waals surface area contributed by atoms with Gasteiger partial charge >= 0.3 is 5.97 Å². The Bertz CT molecular complexity index is 2090. The molecule has 0 fully saturated rings. The summed E-state index contributed by atoms with van der Waals surface area (Å²) in [6.07, 6.45) is 1.15. The van der Waals surface area contributed by atoms with Gasteiger partial charge in [-0.2, -0.15) is 11.8 Å². The van der Waals surface area contributed by atoms with Gasteiger partial charge in [0.25, 0.3) is 5.91 Å². The van der Waals surface area contributed by atoms with Crippen molar-refractivity contribution >= 4 is 63.1 Å². The second-order valence-electron chi connectivity index (χ2n) is 12.1. The lowest BCUT2D eigenvalue weighted by Crippen LogP contribution is -2.23. The maximum absolute atomic E-state index is 13.2. The zero-order valence-electron chi connectivity index (χ0n) is 29.8. The number of nitrogens with one attached hydrogen (secondary N) is 4. The number of carbonyl (C=O) groups excluding carboxylic acids is 3. The first-order valence-corrected chi connectivity index (χ1v) is 18.0. The number of hydrogen-bond donors (Lipinski definition) is 5. The standard InChI is InChI=1S/C28H26N2O4.C12H17N3O2S/c1-17-13-14-25(24(15-17)30(4)19(3)31)34-26-16-22(27(32)21-11-7-6-10-20(21)26)28(33)29-23-12-8-5-9-18(23)2;1-2-6-18-7-5-17-12(16)9-3-4-10-11(8-9)14-15-13-10/h5-16,32H,1-4H3,(H,29,33);3-4,8,13-15H,2,5-7H2,1H3. The van der Waals surface area contributed by atoms with E-state index in [2.05, 4.69) is 28.6 Å². The number of phenolic OH excluding ortho intramolecular Hbond substituents is 1. The highest BCUT2D eigenvalue weighted by Crippen LogP contribution is 2.41. The molecule has 0 saturated carbocycles. The molecule has 11 nitrogen and oxygen atoms in total. The number of amides is 2. The Labute approximate surface area is 307 Å². The highest BCUT2D eigenvalue weighted by Gasteiger charge is 2.21. The number of fused-ring (bicyclic) bond motifs is 2. The first-order valence-electron chi connectivity index (χ1n) is 16.9. The number of para-hydroxylation sites is 1. The molecule has 5 aromatic rings. The molecule has 1 heterocycles. The third-order valence-electron chi connectivity index (χ3n) is 8.24. The zero-order chi connectivity index (χ0) is 37.2. The largest absolute Gasteiger partial charge is 0.506 e. The van der Waals surface area contributed by atoms with Crippen LogP contribution in [-0.4, -0.2) is 48.1 Å². The van der Waals surface area contributed by atoms with Gasteiger partial charge in [0.1, 0.15) is 18.1 Å². The van der Waals surface area contributed by atoms with Crippen LogP contribution in [0.3, 0.4) is 0 Å². The number of aryl methyl sites for hydroxylation is 2. The normalized spacial score (nSPS) is 11.3. The Morgan fingerprint density at radius 3 is 2.33 bits per heavy atom. The predicted molar refractivity (Wildman–Crippen MR) is 210 cm³/mol. The van der Waals surface area contributed by atoms with Gasteiger partial charge in [0.05, 0.1) is 28.2 Å². The van der Waals surface area contributed by atoms with Crippen LogP contribution in [0, 0.1) is 13.8 Å². The van der Waals surface area contributed by atoms with Crippen molar-refractivity contribution in [2.24, 2.45) is 0 Å². The third-order valence-corrected chi connectivity index (χ3v) is 9.40. The number of benzene rings is 5. The monoisotopic (exact) mass is 721 g/mol. The lowest BCUT2D eigenvalue weighted by atomic mass is 10.0. The van der Waals surface area contributed by atoms with Crippen molar-refractivity contribution in [2.75, 3.05) is 46.2 Å². The van der Waals surface area contributed by atoms with Crippen LogP contribution in [0.5, 0.6) is 17.2 Å². The van der Waals surface area contributed by atoms with Crippen LogP contribution >= 0.6 is 11.8 Å². The van der Waals surface area contributed by atoms with E-state index < -0.39 is 5.91 Å². The molecule has 5 aromatic carbocycles. The van der Waals surface area contributed by atoms with Gasteiger partial charge in [-0.1, -0.05) is 55.5 Å².